The SMILES string of the molecule is O=C(N[C@H]1CC[C@@H](C(=O)NC2CC3CC3(C(=O)O)C2)C1)OCC1c2ccccc2-c2ccccc21. The number of benzene rings is 2. The molecule has 0 heterocycles. The first kappa shape index (κ1) is 22.1. The maximum Gasteiger partial charge on any atom is 0.407 e. The van der Waals surface area contributed by atoms with Crippen molar-refractivity contribution < 1.29 is 24.2 Å². The van der Waals surface area contributed by atoms with Gasteiger partial charge >= 0.3 is 12.1 Å². The van der Waals surface area contributed by atoms with Crippen LogP contribution in [0.2, 0.25) is 0 Å². The lowest BCUT2D eigenvalue weighted by molar-refractivity contribution is -0.144. The summed E-state index contributed by atoms with van der Waals surface area (Å²) in [5.41, 5.74) is 4.13. The molecule has 0 aromatic heterocycles. The summed E-state index contributed by atoms with van der Waals surface area (Å²) in [6, 6.07) is 16.3. The molecule has 4 aliphatic rings. The molecule has 2 aromatic rings. The van der Waals surface area contributed by atoms with E-state index in [-0.39, 0.29) is 42.4 Å². The number of rotatable bonds is 6. The lowest BCUT2D eigenvalue weighted by Gasteiger charge is -2.19. The molecule has 7 nitrogen and oxygen atoms in total. The van der Waals surface area contributed by atoms with Crippen LogP contribution in [-0.2, 0) is 14.3 Å². The highest BCUT2D eigenvalue weighted by molar-refractivity contribution is 5.82. The lowest BCUT2D eigenvalue weighted by Crippen LogP contribution is -2.39. The van der Waals surface area contributed by atoms with Gasteiger partial charge in [0.25, 0.3) is 0 Å². The molecule has 6 rings (SSSR count). The van der Waals surface area contributed by atoms with Crippen molar-refractivity contribution in [2.24, 2.45) is 17.3 Å². The molecule has 2 amide bonds. The Kier molecular flexibility index (Phi) is 5.31. The monoisotopic (exact) mass is 474 g/mol. The fourth-order valence-electron chi connectivity index (χ4n) is 6.74. The fraction of sp³-hybridized carbons (Fsp3) is 0.464. The molecular formula is C28H30N2O5. The number of amides is 2. The van der Waals surface area contributed by atoms with Crippen LogP contribution in [0.25, 0.3) is 11.1 Å². The van der Waals surface area contributed by atoms with Crippen molar-refractivity contribution >= 4 is 18.0 Å². The number of carboxylic acids is 1. The van der Waals surface area contributed by atoms with Crippen LogP contribution in [0, 0.1) is 17.3 Å². The minimum Gasteiger partial charge on any atom is -0.481 e. The summed E-state index contributed by atoms with van der Waals surface area (Å²) in [7, 11) is 0. The average Bonchev–Trinajstić information content (AvgIpc) is 3.17. The van der Waals surface area contributed by atoms with Crippen LogP contribution < -0.4 is 10.6 Å². The first-order chi connectivity index (χ1) is 16.9. The molecule has 4 aliphatic carbocycles. The highest BCUT2D eigenvalue weighted by atomic mass is 16.5. The number of alkyl carbamates (subject to hydrolysis) is 1. The van der Waals surface area contributed by atoms with E-state index in [1.165, 1.54) is 22.3 Å². The van der Waals surface area contributed by atoms with E-state index in [0.29, 0.717) is 19.3 Å². The summed E-state index contributed by atoms with van der Waals surface area (Å²) in [5.74, 6) is -0.688. The zero-order valence-corrected chi connectivity index (χ0v) is 19.5. The van der Waals surface area contributed by atoms with Crippen LogP contribution in [0.3, 0.4) is 0 Å². The number of carbonyl (C=O) groups is 3. The topological polar surface area (TPSA) is 105 Å². The average molecular weight is 475 g/mol. The third-order valence-corrected chi connectivity index (χ3v) is 8.65. The van der Waals surface area contributed by atoms with Crippen LogP contribution in [-0.4, -0.2) is 41.8 Å². The van der Waals surface area contributed by atoms with Crippen LogP contribution in [0.15, 0.2) is 48.5 Å². The van der Waals surface area contributed by atoms with E-state index in [9.17, 15) is 19.5 Å². The van der Waals surface area contributed by atoms with Crippen molar-refractivity contribution in [2.45, 2.75) is 56.5 Å². The van der Waals surface area contributed by atoms with Gasteiger partial charge in [-0.25, -0.2) is 4.79 Å². The summed E-state index contributed by atoms with van der Waals surface area (Å²) in [6.45, 7) is 0.269. The molecule has 0 bridgehead atoms. The molecule has 35 heavy (non-hydrogen) atoms. The smallest absolute Gasteiger partial charge is 0.407 e. The van der Waals surface area contributed by atoms with Crippen molar-refractivity contribution in [1.29, 1.82) is 0 Å². The van der Waals surface area contributed by atoms with Crippen LogP contribution in [0.1, 0.15) is 55.6 Å². The second-order valence-electron chi connectivity index (χ2n) is 10.7. The predicted octanol–water partition coefficient (Wildman–Crippen LogP) is 4.06. The second kappa shape index (κ2) is 8.40. The Hall–Kier alpha value is -3.35. The van der Waals surface area contributed by atoms with Crippen molar-refractivity contribution in [1.82, 2.24) is 10.6 Å². The molecule has 3 saturated carbocycles. The number of hydrogen-bond donors (Lipinski definition) is 3. The highest BCUT2D eigenvalue weighted by Gasteiger charge is 2.65. The van der Waals surface area contributed by atoms with E-state index >= 15 is 0 Å². The van der Waals surface area contributed by atoms with E-state index in [1.807, 2.05) is 24.3 Å². The highest BCUT2D eigenvalue weighted by Crippen LogP contribution is 2.63. The number of hydrogen-bond acceptors (Lipinski definition) is 4. The first-order valence-electron chi connectivity index (χ1n) is 12.6. The number of fused-ring (bicyclic) bond motifs is 4. The van der Waals surface area contributed by atoms with Gasteiger partial charge in [0.05, 0.1) is 5.41 Å². The van der Waals surface area contributed by atoms with Gasteiger partial charge < -0.3 is 20.5 Å². The Bertz CT molecular complexity index is 1150. The Morgan fingerprint density at radius 2 is 1.57 bits per heavy atom. The van der Waals surface area contributed by atoms with Gasteiger partial charge in [0.15, 0.2) is 0 Å². The Labute approximate surface area is 204 Å². The van der Waals surface area contributed by atoms with Crippen molar-refractivity contribution in [2.75, 3.05) is 6.61 Å². The Morgan fingerprint density at radius 3 is 2.23 bits per heavy atom. The molecule has 3 N–H and O–H groups in total. The number of aliphatic carboxylic acids is 1. The molecule has 0 radical (unpaired) electrons. The maximum absolute atomic E-state index is 12.8. The molecule has 5 atom stereocenters. The molecule has 7 heteroatoms. The summed E-state index contributed by atoms with van der Waals surface area (Å²) >= 11 is 0. The van der Waals surface area contributed by atoms with Gasteiger partial charge in [0, 0.05) is 23.9 Å². The lowest BCUT2D eigenvalue weighted by atomic mass is 9.98. The maximum atomic E-state index is 12.8. The quantitative estimate of drug-likeness (QED) is 0.586. The minimum absolute atomic E-state index is 0.0157. The summed E-state index contributed by atoms with van der Waals surface area (Å²) in [5, 5.41) is 15.5. The molecule has 2 aromatic carbocycles. The second-order valence-corrected chi connectivity index (χ2v) is 10.7. The van der Waals surface area contributed by atoms with E-state index in [4.69, 9.17) is 4.74 Å². The van der Waals surface area contributed by atoms with Gasteiger partial charge in [-0.15, -0.1) is 0 Å². The molecule has 3 fully saturated rings. The summed E-state index contributed by atoms with van der Waals surface area (Å²) in [6.07, 6.45) is 3.60. The van der Waals surface area contributed by atoms with Gasteiger partial charge in [-0.2, -0.15) is 0 Å². The normalized spacial score (nSPS) is 30.2. The first-order valence-corrected chi connectivity index (χ1v) is 12.6. The van der Waals surface area contributed by atoms with Crippen molar-refractivity contribution in [3.63, 3.8) is 0 Å². The Balaban J connectivity index is 0.992. The van der Waals surface area contributed by atoms with Crippen LogP contribution in [0.5, 0.6) is 0 Å². The van der Waals surface area contributed by atoms with E-state index in [0.717, 1.165) is 19.3 Å². The molecule has 182 valence electrons. The number of nitrogens with one attached hydrogen (secondary N) is 2. The molecular weight excluding hydrogens is 444 g/mol. The van der Waals surface area contributed by atoms with Gasteiger partial charge in [0.2, 0.25) is 5.91 Å². The molecule has 0 spiro atoms. The molecule has 3 unspecified atom stereocenters. The minimum atomic E-state index is -0.729. The molecule has 0 aliphatic heterocycles. The zero-order chi connectivity index (χ0) is 24.2. The van der Waals surface area contributed by atoms with Gasteiger partial charge in [-0.05, 0) is 66.7 Å². The number of carbonyl (C=O) groups excluding carboxylic acids is 2. The zero-order valence-electron chi connectivity index (χ0n) is 19.5. The summed E-state index contributed by atoms with van der Waals surface area (Å²) in [4.78, 5) is 36.8. The number of carboxylic acid groups (broad SMARTS) is 1. The van der Waals surface area contributed by atoms with Crippen molar-refractivity contribution in [3.8, 4) is 11.1 Å². The third-order valence-electron chi connectivity index (χ3n) is 8.65. The summed E-state index contributed by atoms with van der Waals surface area (Å²) < 4.78 is 5.65. The predicted molar refractivity (Wildman–Crippen MR) is 129 cm³/mol. The Morgan fingerprint density at radius 1 is 0.886 bits per heavy atom. The van der Waals surface area contributed by atoms with Gasteiger partial charge in [0.1, 0.15) is 6.61 Å². The van der Waals surface area contributed by atoms with E-state index in [1.54, 1.807) is 0 Å². The van der Waals surface area contributed by atoms with E-state index in [2.05, 4.69) is 34.9 Å². The molecule has 0 saturated heterocycles. The number of ether oxygens (including phenoxy) is 1. The van der Waals surface area contributed by atoms with E-state index < -0.39 is 17.5 Å². The fourth-order valence-corrected chi connectivity index (χ4v) is 6.74. The van der Waals surface area contributed by atoms with Crippen LogP contribution >= 0.6 is 0 Å². The van der Waals surface area contributed by atoms with Crippen LogP contribution in [0.4, 0.5) is 4.79 Å². The standard InChI is InChI=1S/C28H30N2O5/c31-25(29-19-12-17-13-28(17,14-19)26(32)33)16-9-10-18(11-16)30-27(34)35-15-24-22-7-3-1-5-20(22)21-6-2-4-8-23(21)24/h1-8,16-19,24H,9-15H2,(H,29,31)(H,30,34)(H,32,33)/t16-,17?,18+,19?,28?/m1/s1. The van der Waals surface area contributed by atoms with Gasteiger partial charge in [-0.3, -0.25) is 9.59 Å². The largest absolute Gasteiger partial charge is 0.481 e. The van der Waals surface area contributed by atoms with Gasteiger partial charge in [-0.1, -0.05) is 48.5 Å². The van der Waals surface area contributed by atoms with Crippen molar-refractivity contribution in [3.05, 3.63) is 59.7 Å². The third kappa shape index (κ3) is 3.87.